The summed E-state index contributed by atoms with van der Waals surface area (Å²) in [6.45, 7) is 6.51. The van der Waals surface area contributed by atoms with Crippen LogP contribution in [-0.2, 0) is 4.79 Å². The number of carbonyl (C=O) groups excluding carboxylic acids is 1. The molecule has 2 N–H and O–H groups in total. The van der Waals surface area contributed by atoms with E-state index in [1.165, 1.54) is 18.2 Å². The van der Waals surface area contributed by atoms with Crippen LogP contribution in [-0.4, -0.2) is 70.7 Å². The zero-order valence-electron chi connectivity index (χ0n) is 19.2. The first-order chi connectivity index (χ1) is 16.4. The van der Waals surface area contributed by atoms with Crippen molar-refractivity contribution in [2.24, 2.45) is 0 Å². The Bertz CT molecular complexity index is 1170. The summed E-state index contributed by atoms with van der Waals surface area (Å²) in [5.41, 5.74) is 2.63. The van der Waals surface area contributed by atoms with Gasteiger partial charge in [-0.2, -0.15) is 10.2 Å². The van der Waals surface area contributed by atoms with Crippen molar-refractivity contribution in [3.05, 3.63) is 59.1 Å². The summed E-state index contributed by atoms with van der Waals surface area (Å²) in [5, 5.41) is 14.8. The summed E-state index contributed by atoms with van der Waals surface area (Å²) in [7, 11) is 2.11. The predicted octanol–water partition coefficient (Wildman–Crippen LogP) is 3.96. The van der Waals surface area contributed by atoms with E-state index in [9.17, 15) is 9.18 Å². The number of anilines is 3. The standard InChI is InChI=1S/C24H27ClFN7O/c1-16-21(15-22(31-30-16)19-13-17(25)3-4-20(19)26)28-18-5-7-27-23(14-18)29-24(34)6-8-33-11-9-32(2)10-12-33/h3-5,7,13-15H,6,8-12H2,1-2H3,(H2,27,28,29,31,34). The van der Waals surface area contributed by atoms with Gasteiger partial charge >= 0.3 is 0 Å². The van der Waals surface area contributed by atoms with Gasteiger partial charge in [-0.05, 0) is 44.3 Å². The zero-order valence-corrected chi connectivity index (χ0v) is 19.9. The minimum atomic E-state index is -0.431. The Balaban J connectivity index is 1.41. The number of aromatic nitrogens is 3. The highest BCUT2D eigenvalue weighted by Crippen LogP contribution is 2.28. The highest BCUT2D eigenvalue weighted by Gasteiger charge is 2.15. The number of rotatable bonds is 7. The third-order valence-electron chi connectivity index (χ3n) is 5.74. The molecule has 3 aromatic rings. The van der Waals surface area contributed by atoms with Crippen LogP contribution < -0.4 is 10.6 Å². The molecule has 178 valence electrons. The van der Waals surface area contributed by atoms with E-state index in [1.807, 2.05) is 0 Å². The molecule has 1 aliphatic heterocycles. The number of nitrogens with zero attached hydrogens (tertiary/aromatic N) is 5. The normalized spacial score (nSPS) is 14.7. The van der Waals surface area contributed by atoms with Crippen molar-refractivity contribution in [3.63, 3.8) is 0 Å². The monoisotopic (exact) mass is 483 g/mol. The summed E-state index contributed by atoms with van der Waals surface area (Å²) < 4.78 is 14.3. The SMILES string of the molecule is Cc1nnc(-c2cc(Cl)ccc2F)cc1Nc1ccnc(NC(=O)CCN2CCN(C)CC2)c1. The third-order valence-corrected chi connectivity index (χ3v) is 5.98. The second kappa shape index (κ2) is 10.9. The Hall–Kier alpha value is -3.14. The molecule has 4 rings (SSSR count). The Labute approximate surface area is 203 Å². The maximum atomic E-state index is 14.3. The molecule has 1 saturated heterocycles. The first-order valence-electron chi connectivity index (χ1n) is 11.1. The van der Waals surface area contributed by atoms with E-state index in [2.05, 4.69) is 42.7 Å². The molecule has 34 heavy (non-hydrogen) atoms. The van der Waals surface area contributed by atoms with Gasteiger partial charge in [-0.3, -0.25) is 4.79 Å². The smallest absolute Gasteiger partial charge is 0.226 e. The van der Waals surface area contributed by atoms with Crippen LogP contribution in [0.4, 0.5) is 21.6 Å². The molecular weight excluding hydrogens is 457 g/mol. The Morgan fingerprint density at radius 3 is 2.71 bits per heavy atom. The highest BCUT2D eigenvalue weighted by molar-refractivity contribution is 6.30. The number of amides is 1. The number of benzene rings is 1. The van der Waals surface area contributed by atoms with Gasteiger partial charge in [0.15, 0.2) is 0 Å². The molecule has 3 heterocycles. The van der Waals surface area contributed by atoms with Crippen molar-refractivity contribution in [1.29, 1.82) is 0 Å². The van der Waals surface area contributed by atoms with Crippen LogP contribution in [0.15, 0.2) is 42.6 Å². The fraction of sp³-hybridized carbons (Fsp3) is 0.333. The molecule has 0 aliphatic carbocycles. The van der Waals surface area contributed by atoms with E-state index in [0.717, 1.165) is 32.7 Å². The van der Waals surface area contributed by atoms with Gasteiger partial charge in [0, 0.05) is 67.7 Å². The lowest BCUT2D eigenvalue weighted by atomic mass is 10.1. The molecule has 0 bridgehead atoms. The summed E-state index contributed by atoms with van der Waals surface area (Å²) in [6, 6.07) is 9.54. The van der Waals surface area contributed by atoms with Gasteiger partial charge in [-0.15, -0.1) is 0 Å². The summed E-state index contributed by atoms with van der Waals surface area (Å²) in [6.07, 6.45) is 2.02. The van der Waals surface area contributed by atoms with Gasteiger partial charge in [0.25, 0.3) is 0 Å². The summed E-state index contributed by atoms with van der Waals surface area (Å²) in [4.78, 5) is 21.3. The lowest BCUT2D eigenvalue weighted by Crippen LogP contribution is -2.45. The fourth-order valence-electron chi connectivity index (χ4n) is 3.67. The van der Waals surface area contributed by atoms with Crippen LogP contribution in [0.3, 0.4) is 0 Å². The molecular formula is C24H27ClFN7O. The lowest BCUT2D eigenvalue weighted by Gasteiger charge is -2.32. The molecule has 0 spiro atoms. The molecule has 1 aromatic carbocycles. The Kier molecular flexibility index (Phi) is 7.66. The maximum Gasteiger partial charge on any atom is 0.226 e. The number of carbonyl (C=O) groups is 1. The van der Waals surface area contributed by atoms with Crippen molar-refractivity contribution in [2.45, 2.75) is 13.3 Å². The van der Waals surface area contributed by atoms with Crippen molar-refractivity contribution in [1.82, 2.24) is 25.0 Å². The van der Waals surface area contributed by atoms with E-state index < -0.39 is 5.82 Å². The fourth-order valence-corrected chi connectivity index (χ4v) is 3.85. The molecule has 10 heteroatoms. The lowest BCUT2D eigenvalue weighted by molar-refractivity contribution is -0.116. The number of pyridine rings is 1. The molecule has 1 aliphatic rings. The number of halogens is 2. The van der Waals surface area contributed by atoms with Crippen LogP contribution in [0, 0.1) is 12.7 Å². The molecule has 0 atom stereocenters. The van der Waals surface area contributed by atoms with E-state index >= 15 is 0 Å². The van der Waals surface area contributed by atoms with E-state index in [4.69, 9.17) is 11.6 Å². The first-order valence-corrected chi connectivity index (χ1v) is 11.5. The van der Waals surface area contributed by atoms with Crippen LogP contribution in [0.5, 0.6) is 0 Å². The van der Waals surface area contributed by atoms with Gasteiger partial charge in [0.05, 0.1) is 17.1 Å². The Morgan fingerprint density at radius 2 is 1.91 bits per heavy atom. The number of likely N-dealkylation sites (N-methyl/N-ethyl adjacent to an activating group) is 1. The van der Waals surface area contributed by atoms with E-state index in [0.29, 0.717) is 40.0 Å². The highest BCUT2D eigenvalue weighted by atomic mass is 35.5. The molecule has 0 unspecified atom stereocenters. The number of piperazine rings is 1. The van der Waals surface area contributed by atoms with Crippen LogP contribution in [0.25, 0.3) is 11.3 Å². The van der Waals surface area contributed by atoms with Crippen LogP contribution in [0.1, 0.15) is 12.1 Å². The number of hydrogen-bond donors (Lipinski definition) is 2. The molecule has 1 fully saturated rings. The minimum absolute atomic E-state index is 0.0796. The molecule has 1 amide bonds. The first kappa shape index (κ1) is 24.0. The van der Waals surface area contributed by atoms with E-state index in [1.54, 1.807) is 31.3 Å². The quantitative estimate of drug-likeness (QED) is 0.526. The van der Waals surface area contributed by atoms with Gasteiger partial charge in [0.1, 0.15) is 11.6 Å². The predicted molar refractivity (Wildman–Crippen MR) is 132 cm³/mol. The third kappa shape index (κ3) is 6.25. The van der Waals surface area contributed by atoms with E-state index in [-0.39, 0.29) is 11.5 Å². The molecule has 0 saturated carbocycles. The van der Waals surface area contributed by atoms with Crippen molar-refractivity contribution < 1.29 is 9.18 Å². The molecule has 2 aromatic heterocycles. The number of aryl methyl sites for hydroxylation is 1. The molecule has 8 nitrogen and oxygen atoms in total. The van der Waals surface area contributed by atoms with Gasteiger partial charge in [-0.1, -0.05) is 11.6 Å². The number of nitrogens with one attached hydrogen (secondary N) is 2. The molecule has 0 radical (unpaired) electrons. The van der Waals surface area contributed by atoms with Crippen LogP contribution >= 0.6 is 11.6 Å². The zero-order chi connectivity index (χ0) is 24.1. The van der Waals surface area contributed by atoms with Crippen molar-refractivity contribution >= 4 is 34.7 Å². The van der Waals surface area contributed by atoms with Crippen molar-refractivity contribution in [3.8, 4) is 11.3 Å². The second-order valence-electron chi connectivity index (χ2n) is 8.35. The average Bonchev–Trinajstić information content (AvgIpc) is 2.82. The largest absolute Gasteiger partial charge is 0.354 e. The van der Waals surface area contributed by atoms with Gasteiger partial charge < -0.3 is 20.4 Å². The second-order valence-corrected chi connectivity index (χ2v) is 8.79. The van der Waals surface area contributed by atoms with Crippen molar-refractivity contribution in [2.75, 3.05) is 50.4 Å². The maximum absolute atomic E-state index is 14.3. The minimum Gasteiger partial charge on any atom is -0.354 e. The van der Waals surface area contributed by atoms with Gasteiger partial charge in [-0.25, -0.2) is 9.37 Å². The van der Waals surface area contributed by atoms with Gasteiger partial charge in [0.2, 0.25) is 5.91 Å². The summed E-state index contributed by atoms with van der Waals surface area (Å²) >= 11 is 6.02. The Morgan fingerprint density at radius 1 is 1.12 bits per heavy atom. The number of hydrogen-bond acceptors (Lipinski definition) is 7. The van der Waals surface area contributed by atoms with Crippen LogP contribution in [0.2, 0.25) is 5.02 Å². The average molecular weight is 484 g/mol. The summed E-state index contributed by atoms with van der Waals surface area (Å²) in [5.74, 6) is -0.0582. The topological polar surface area (TPSA) is 86.3 Å².